The fourth-order valence-corrected chi connectivity index (χ4v) is 2.69. The Morgan fingerprint density at radius 3 is 1.45 bits per heavy atom. The van der Waals surface area contributed by atoms with E-state index in [-0.39, 0.29) is 0 Å². The van der Waals surface area contributed by atoms with Crippen molar-refractivity contribution in [3.05, 3.63) is 0 Å². The van der Waals surface area contributed by atoms with E-state index < -0.39 is 0 Å². The number of hydrogen-bond acceptors (Lipinski definition) is 0. The van der Waals surface area contributed by atoms with Gasteiger partial charge in [-0.1, -0.05) is 58.8 Å². The van der Waals surface area contributed by atoms with Gasteiger partial charge < -0.3 is 0 Å². The molecule has 0 amide bonds. The van der Waals surface area contributed by atoms with E-state index >= 15 is 0 Å². The Morgan fingerprint density at radius 2 is 1.00 bits per heavy atom. The van der Waals surface area contributed by atoms with Gasteiger partial charge in [0.15, 0.2) is 0 Å². The molecule has 0 bridgehead atoms. The van der Waals surface area contributed by atoms with E-state index in [1.54, 1.807) is 25.7 Å². The van der Waals surface area contributed by atoms with Crippen LogP contribution in [0.2, 0.25) is 0 Å². The molecule has 2 aliphatic rings. The first-order chi connectivity index (χ1) is 5.47. The monoisotopic (exact) mass is 154 g/mol. The molecule has 0 aromatic carbocycles. The van der Waals surface area contributed by atoms with Crippen LogP contribution < -0.4 is 0 Å². The molecule has 0 aromatic heterocycles. The summed E-state index contributed by atoms with van der Waals surface area (Å²) in [5, 5.41) is 0. The average Bonchev–Trinajstić information content (AvgIpc) is 2.55. The van der Waals surface area contributed by atoms with Gasteiger partial charge in [0.2, 0.25) is 0 Å². The van der Waals surface area contributed by atoms with Gasteiger partial charge in [0, 0.05) is 0 Å². The highest BCUT2D eigenvalue weighted by Gasteiger charge is 2.28. The summed E-state index contributed by atoms with van der Waals surface area (Å²) in [6, 6.07) is 0. The van der Waals surface area contributed by atoms with Crippen molar-refractivity contribution in [1.29, 1.82) is 0 Å². The van der Waals surface area contributed by atoms with Crippen LogP contribution in [0.15, 0.2) is 0 Å². The van der Waals surface area contributed by atoms with Crippen molar-refractivity contribution in [2.45, 2.75) is 58.8 Å². The van der Waals surface area contributed by atoms with Gasteiger partial charge in [-0.15, -0.1) is 0 Å². The largest absolute Gasteiger partial charge is 0.0683 e. The lowest BCUT2D eigenvalue weighted by atomic mass is 9.82. The van der Waals surface area contributed by atoms with Gasteiger partial charge in [-0.05, 0) is 11.8 Å². The van der Waals surface area contributed by atoms with Crippen molar-refractivity contribution in [2.24, 2.45) is 11.8 Å². The molecule has 2 fully saturated rings. The highest BCUT2D eigenvalue weighted by molar-refractivity contribution is 4.80. The molecule has 11 heavy (non-hydrogen) atoms. The van der Waals surface area contributed by atoms with Gasteiger partial charge in [-0.25, -0.2) is 0 Å². The van der Waals surface area contributed by atoms with Crippen molar-refractivity contribution < 1.29 is 0 Å². The minimum Gasteiger partial charge on any atom is -0.0683 e. The molecule has 0 saturated heterocycles. The quantitative estimate of drug-likeness (QED) is 0.494. The van der Waals surface area contributed by atoms with E-state index in [9.17, 15) is 0 Å². The molecule has 2 unspecified atom stereocenters. The Hall–Kier alpha value is 0. The van der Waals surface area contributed by atoms with Crippen LogP contribution in [-0.4, -0.2) is 0 Å². The van der Waals surface area contributed by atoms with Crippen molar-refractivity contribution >= 4 is 0 Å². The highest BCUT2D eigenvalue weighted by atomic mass is 14.3. The number of rotatable bonds is 0. The van der Waals surface area contributed by atoms with E-state index in [1.165, 1.54) is 31.1 Å². The average molecular weight is 154 g/mol. The van der Waals surface area contributed by atoms with Gasteiger partial charge >= 0.3 is 0 Å². The van der Waals surface area contributed by atoms with E-state index in [0.717, 1.165) is 0 Å². The predicted octanol–water partition coefficient (Wildman–Crippen LogP) is 4.00. The summed E-state index contributed by atoms with van der Waals surface area (Å²) in [5.74, 6) is 2.33. The molecule has 0 radical (unpaired) electrons. The second-order valence-electron chi connectivity index (χ2n) is 3.74. The fraction of sp³-hybridized carbons (Fsp3) is 1.00. The van der Waals surface area contributed by atoms with Gasteiger partial charge in [-0.3, -0.25) is 0 Å². The van der Waals surface area contributed by atoms with Crippen LogP contribution in [0, 0.1) is 11.8 Å². The Morgan fingerprint density at radius 1 is 0.636 bits per heavy atom. The second kappa shape index (κ2) is 4.79. The molecule has 0 N–H and O–H groups in total. The van der Waals surface area contributed by atoms with Crippen LogP contribution in [0.1, 0.15) is 58.8 Å². The predicted molar refractivity (Wildman–Crippen MR) is 50.6 cm³/mol. The number of hydrogen-bond donors (Lipinski definition) is 0. The first kappa shape index (κ1) is 9.09. The first-order valence-corrected chi connectivity index (χ1v) is 5.47. The molecule has 0 aliphatic heterocycles. The van der Waals surface area contributed by atoms with Crippen LogP contribution in [-0.2, 0) is 0 Å². The highest BCUT2D eigenvalue weighted by Crippen LogP contribution is 2.41. The number of fused-ring (bicyclic) bond motifs is 1. The SMILES string of the molecule is C1CCC2CCCC2C1.CC. The molecule has 2 aliphatic carbocycles. The van der Waals surface area contributed by atoms with Gasteiger partial charge in [0.25, 0.3) is 0 Å². The Balaban J connectivity index is 0.000000281. The van der Waals surface area contributed by atoms with E-state index in [2.05, 4.69) is 0 Å². The first-order valence-electron chi connectivity index (χ1n) is 5.47. The molecule has 0 aromatic rings. The van der Waals surface area contributed by atoms with Crippen LogP contribution in [0.3, 0.4) is 0 Å². The molecular weight excluding hydrogens is 132 g/mol. The molecule has 2 atom stereocenters. The van der Waals surface area contributed by atoms with Gasteiger partial charge in [-0.2, -0.15) is 0 Å². The van der Waals surface area contributed by atoms with Gasteiger partial charge in [0.1, 0.15) is 0 Å². The molecule has 2 rings (SSSR count). The third kappa shape index (κ3) is 2.21. The standard InChI is InChI=1S/C9H16.C2H6/c1-2-5-9-7-3-6-8(9)4-1;1-2/h8-9H,1-7H2;1-2H3. The normalized spacial score (nSPS) is 35.5. The van der Waals surface area contributed by atoms with Crippen molar-refractivity contribution in [3.8, 4) is 0 Å². The topological polar surface area (TPSA) is 0 Å². The maximum Gasteiger partial charge on any atom is -0.0386 e. The van der Waals surface area contributed by atoms with Crippen molar-refractivity contribution in [3.63, 3.8) is 0 Å². The lowest BCUT2D eigenvalue weighted by molar-refractivity contribution is 0.277. The van der Waals surface area contributed by atoms with Crippen LogP contribution in [0.25, 0.3) is 0 Å². The lowest BCUT2D eigenvalue weighted by Gasteiger charge is -2.24. The van der Waals surface area contributed by atoms with Crippen molar-refractivity contribution in [1.82, 2.24) is 0 Å². The smallest absolute Gasteiger partial charge is 0.0386 e. The zero-order chi connectivity index (χ0) is 8.10. The molecule has 0 heteroatoms. The van der Waals surface area contributed by atoms with Gasteiger partial charge in [0.05, 0.1) is 0 Å². The zero-order valence-corrected chi connectivity index (χ0v) is 8.10. The second-order valence-corrected chi connectivity index (χ2v) is 3.74. The summed E-state index contributed by atoms with van der Waals surface area (Å²) >= 11 is 0. The summed E-state index contributed by atoms with van der Waals surface area (Å²) in [6.45, 7) is 4.00. The summed E-state index contributed by atoms with van der Waals surface area (Å²) < 4.78 is 0. The Bertz CT molecular complexity index is 84.2. The maximum atomic E-state index is 2.00. The molecule has 0 heterocycles. The molecule has 2 saturated carbocycles. The van der Waals surface area contributed by atoms with E-state index in [4.69, 9.17) is 0 Å². The fourth-order valence-electron chi connectivity index (χ4n) is 2.69. The van der Waals surface area contributed by atoms with Crippen LogP contribution in [0.5, 0.6) is 0 Å². The summed E-state index contributed by atoms with van der Waals surface area (Å²) in [7, 11) is 0. The minimum atomic E-state index is 1.17. The van der Waals surface area contributed by atoms with E-state index in [0.29, 0.717) is 0 Å². The molecule has 66 valence electrons. The van der Waals surface area contributed by atoms with Crippen LogP contribution >= 0.6 is 0 Å². The van der Waals surface area contributed by atoms with Crippen LogP contribution in [0.4, 0.5) is 0 Å². The summed E-state index contributed by atoms with van der Waals surface area (Å²) in [4.78, 5) is 0. The maximum absolute atomic E-state index is 2.00. The zero-order valence-electron chi connectivity index (χ0n) is 8.10. The lowest BCUT2D eigenvalue weighted by Crippen LogP contribution is -2.12. The third-order valence-electron chi connectivity index (χ3n) is 3.22. The van der Waals surface area contributed by atoms with Crippen molar-refractivity contribution in [2.75, 3.05) is 0 Å². The minimum absolute atomic E-state index is 1.17. The summed E-state index contributed by atoms with van der Waals surface area (Å²) in [6.07, 6.45) is 10.8. The molecular formula is C11H22. The Kier molecular flexibility index (Phi) is 3.96. The summed E-state index contributed by atoms with van der Waals surface area (Å²) in [5.41, 5.74) is 0. The molecule has 0 nitrogen and oxygen atoms in total. The molecule has 0 spiro atoms. The third-order valence-corrected chi connectivity index (χ3v) is 3.22. The van der Waals surface area contributed by atoms with E-state index in [1.807, 2.05) is 13.8 Å². The Labute approximate surface area is 71.4 Å².